The van der Waals surface area contributed by atoms with Gasteiger partial charge in [0.25, 0.3) is 5.89 Å². The number of hydrogen-bond donors (Lipinski definition) is 1. The van der Waals surface area contributed by atoms with Crippen LogP contribution in [-0.4, -0.2) is 16.4 Å². The highest BCUT2D eigenvalue weighted by atomic mass is 32.2. The minimum Gasteiger partial charge on any atom is -0.390 e. The van der Waals surface area contributed by atoms with E-state index in [2.05, 4.69) is 10.1 Å². The summed E-state index contributed by atoms with van der Waals surface area (Å²) >= 11 is 3.12. The Morgan fingerprint density at radius 3 is 3.14 bits per heavy atom. The second kappa shape index (κ2) is 4.02. The van der Waals surface area contributed by atoms with Crippen LogP contribution < -0.4 is 5.73 Å². The van der Waals surface area contributed by atoms with Crippen molar-refractivity contribution in [1.82, 2.24) is 10.1 Å². The van der Waals surface area contributed by atoms with Crippen LogP contribution in [0.4, 0.5) is 5.00 Å². The first-order chi connectivity index (χ1) is 6.81. The molecule has 0 bridgehead atoms. The topological polar surface area (TPSA) is 64.9 Å². The lowest BCUT2D eigenvalue weighted by atomic mass is 10.3. The smallest absolute Gasteiger partial charge is 0.260 e. The second-order valence-electron chi connectivity index (χ2n) is 2.65. The fraction of sp³-hybridized carbons (Fsp3) is 0.250. The molecule has 4 nitrogen and oxygen atoms in total. The molecule has 0 aliphatic carbocycles. The van der Waals surface area contributed by atoms with Crippen molar-refractivity contribution >= 4 is 28.1 Å². The summed E-state index contributed by atoms with van der Waals surface area (Å²) < 4.78 is 5.09. The lowest BCUT2D eigenvalue weighted by molar-refractivity contribution is 0.425. The van der Waals surface area contributed by atoms with Crippen molar-refractivity contribution in [2.24, 2.45) is 0 Å². The van der Waals surface area contributed by atoms with E-state index in [1.54, 1.807) is 11.8 Å². The number of rotatable bonds is 3. The van der Waals surface area contributed by atoms with Crippen LogP contribution in [0, 0.1) is 0 Å². The van der Waals surface area contributed by atoms with E-state index in [-0.39, 0.29) is 0 Å². The average molecular weight is 227 g/mol. The van der Waals surface area contributed by atoms with E-state index in [1.807, 2.05) is 17.7 Å². The molecule has 2 aromatic heterocycles. The molecule has 14 heavy (non-hydrogen) atoms. The molecule has 0 unspecified atom stereocenters. The molecule has 6 heteroatoms. The molecule has 0 aliphatic rings. The number of nitrogen functional groups attached to an aromatic ring is 1. The fourth-order valence-electron chi connectivity index (χ4n) is 1.05. The highest BCUT2D eigenvalue weighted by Crippen LogP contribution is 2.29. The van der Waals surface area contributed by atoms with Crippen molar-refractivity contribution in [3.63, 3.8) is 0 Å². The Morgan fingerprint density at radius 2 is 2.50 bits per heavy atom. The summed E-state index contributed by atoms with van der Waals surface area (Å²) in [5.74, 6) is 1.97. The predicted octanol–water partition coefficient (Wildman–Crippen LogP) is 2.24. The average Bonchev–Trinajstić information content (AvgIpc) is 2.74. The molecule has 2 rings (SSSR count). The van der Waals surface area contributed by atoms with Crippen molar-refractivity contribution in [3.8, 4) is 11.5 Å². The third-order valence-electron chi connectivity index (χ3n) is 1.67. The molecule has 0 saturated carbocycles. The van der Waals surface area contributed by atoms with Crippen LogP contribution in [0.15, 0.2) is 16.0 Å². The first-order valence-corrected chi connectivity index (χ1v) is 6.23. The number of thioether (sulfide) groups is 1. The monoisotopic (exact) mass is 227 g/mol. The minimum atomic E-state index is 0.507. The maximum Gasteiger partial charge on any atom is 0.260 e. The number of thiophene rings is 1. The SMILES string of the molecule is CSCc1noc(-c2ccsc2N)n1. The quantitative estimate of drug-likeness (QED) is 0.871. The van der Waals surface area contributed by atoms with Crippen LogP contribution in [0.1, 0.15) is 5.82 Å². The van der Waals surface area contributed by atoms with Gasteiger partial charge in [-0.25, -0.2) is 0 Å². The van der Waals surface area contributed by atoms with Gasteiger partial charge in [-0.1, -0.05) is 5.16 Å². The molecule has 74 valence electrons. The summed E-state index contributed by atoms with van der Waals surface area (Å²) in [5.41, 5.74) is 6.57. The molecule has 2 heterocycles. The molecule has 2 aromatic rings. The Hall–Kier alpha value is -1.01. The summed E-state index contributed by atoms with van der Waals surface area (Å²) in [4.78, 5) is 4.23. The summed E-state index contributed by atoms with van der Waals surface area (Å²) in [6.07, 6.45) is 2.00. The van der Waals surface area contributed by atoms with E-state index in [4.69, 9.17) is 10.3 Å². The maximum absolute atomic E-state index is 5.74. The van der Waals surface area contributed by atoms with Crippen LogP contribution in [0.2, 0.25) is 0 Å². The number of anilines is 1. The number of hydrogen-bond acceptors (Lipinski definition) is 6. The van der Waals surface area contributed by atoms with Crippen LogP contribution in [0.25, 0.3) is 11.5 Å². The fourth-order valence-corrected chi connectivity index (χ4v) is 2.06. The van der Waals surface area contributed by atoms with Gasteiger partial charge in [0, 0.05) is 0 Å². The molecule has 0 amide bonds. The molecule has 0 aromatic carbocycles. The normalized spacial score (nSPS) is 10.6. The summed E-state index contributed by atoms with van der Waals surface area (Å²) in [7, 11) is 0. The third-order valence-corrected chi connectivity index (χ3v) is 2.96. The Balaban J connectivity index is 2.29. The molecule has 0 radical (unpaired) electrons. The van der Waals surface area contributed by atoms with Crippen LogP contribution in [0.5, 0.6) is 0 Å². The first-order valence-electron chi connectivity index (χ1n) is 3.96. The molecule has 0 fully saturated rings. The second-order valence-corrected chi connectivity index (χ2v) is 4.46. The Labute approximate surface area is 89.5 Å². The number of nitrogens with zero attached hydrogens (tertiary/aromatic N) is 2. The van der Waals surface area contributed by atoms with Gasteiger partial charge < -0.3 is 10.3 Å². The Kier molecular flexibility index (Phi) is 2.74. The number of nitrogens with two attached hydrogens (primary N) is 1. The van der Waals surface area contributed by atoms with Gasteiger partial charge >= 0.3 is 0 Å². The van der Waals surface area contributed by atoms with Gasteiger partial charge in [-0.15, -0.1) is 11.3 Å². The van der Waals surface area contributed by atoms with E-state index >= 15 is 0 Å². The number of aromatic nitrogens is 2. The van der Waals surface area contributed by atoms with E-state index in [0.29, 0.717) is 16.7 Å². The van der Waals surface area contributed by atoms with Crippen molar-refractivity contribution in [2.75, 3.05) is 12.0 Å². The Bertz CT molecular complexity index is 424. The lowest BCUT2D eigenvalue weighted by Gasteiger charge is -1.89. The minimum absolute atomic E-state index is 0.507. The predicted molar refractivity (Wildman–Crippen MR) is 59.2 cm³/mol. The Morgan fingerprint density at radius 1 is 1.64 bits per heavy atom. The molecule has 0 spiro atoms. The van der Waals surface area contributed by atoms with Crippen LogP contribution in [0.3, 0.4) is 0 Å². The zero-order valence-electron chi connectivity index (χ0n) is 7.56. The highest BCUT2D eigenvalue weighted by molar-refractivity contribution is 7.97. The van der Waals surface area contributed by atoms with Crippen LogP contribution >= 0.6 is 23.1 Å². The van der Waals surface area contributed by atoms with Gasteiger partial charge in [0.1, 0.15) is 0 Å². The maximum atomic E-state index is 5.74. The zero-order valence-corrected chi connectivity index (χ0v) is 9.19. The van der Waals surface area contributed by atoms with Crippen molar-refractivity contribution < 1.29 is 4.52 Å². The van der Waals surface area contributed by atoms with Crippen molar-refractivity contribution in [3.05, 3.63) is 17.3 Å². The van der Waals surface area contributed by atoms with Gasteiger partial charge in [-0.3, -0.25) is 0 Å². The molecular weight excluding hydrogens is 218 g/mol. The summed E-state index contributed by atoms with van der Waals surface area (Å²) in [6, 6.07) is 1.89. The van der Waals surface area contributed by atoms with E-state index in [1.165, 1.54) is 11.3 Å². The molecule has 0 aliphatic heterocycles. The van der Waals surface area contributed by atoms with Gasteiger partial charge in [-0.05, 0) is 17.7 Å². The summed E-state index contributed by atoms with van der Waals surface area (Å²) in [5, 5.41) is 6.46. The zero-order chi connectivity index (χ0) is 9.97. The molecular formula is C8H9N3OS2. The summed E-state index contributed by atoms with van der Waals surface area (Å²) in [6.45, 7) is 0. The molecule has 2 N–H and O–H groups in total. The van der Waals surface area contributed by atoms with Crippen molar-refractivity contribution in [1.29, 1.82) is 0 Å². The van der Waals surface area contributed by atoms with E-state index in [9.17, 15) is 0 Å². The van der Waals surface area contributed by atoms with Gasteiger partial charge in [-0.2, -0.15) is 16.7 Å². The van der Waals surface area contributed by atoms with Crippen molar-refractivity contribution in [2.45, 2.75) is 5.75 Å². The van der Waals surface area contributed by atoms with Gasteiger partial charge in [0.05, 0.1) is 16.3 Å². The lowest BCUT2D eigenvalue weighted by Crippen LogP contribution is -1.85. The molecule has 0 atom stereocenters. The van der Waals surface area contributed by atoms with Gasteiger partial charge in [0.2, 0.25) is 0 Å². The van der Waals surface area contributed by atoms with E-state index < -0.39 is 0 Å². The molecule has 0 saturated heterocycles. The first kappa shape index (κ1) is 9.54. The van der Waals surface area contributed by atoms with Gasteiger partial charge in [0.15, 0.2) is 5.82 Å². The highest BCUT2D eigenvalue weighted by Gasteiger charge is 2.11. The third kappa shape index (κ3) is 1.76. The van der Waals surface area contributed by atoms with Crippen LogP contribution in [-0.2, 0) is 5.75 Å². The largest absolute Gasteiger partial charge is 0.390 e. The van der Waals surface area contributed by atoms with E-state index in [0.717, 1.165) is 11.3 Å². The standard InChI is InChI=1S/C8H9N3OS2/c1-13-4-6-10-8(12-11-6)5-2-3-14-7(5)9/h2-3H,4,9H2,1H3.